The van der Waals surface area contributed by atoms with Crippen molar-refractivity contribution < 1.29 is 18.0 Å². The number of carbonyl (C=O) groups is 2. The lowest BCUT2D eigenvalue weighted by Crippen LogP contribution is -2.53. The van der Waals surface area contributed by atoms with Crippen molar-refractivity contribution in [1.82, 2.24) is 10.2 Å². The topological polar surface area (TPSA) is 86.8 Å². The number of anilines is 1. The van der Waals surface area contributed by atoms with Crippen molar-refractivity contribution in [3.63, 3.8) is 0 Å². The van der Waals surface area contributed by atoms with Crippen LogP contribution in [0.25, 0.3) is 0 Å². The van der Waals surface area contributed by atoms with Gasteiger partial charge in [-0.05, 0) is 66.9 Å². The molecule has 0 radical (unpaired) electrons. The van der Waals surface area contributed by atoms with E-state index >= 15 is 0 Å². The van der Waals surface area contributed by atoms with Gasteiger partial charge in [-0.25, -0.2) is 8.42 Å². The number of hydrogen-bond donors (Lipinski definition) is 1. The predicted molar refractivity (Wildman–Crippen MR) is 186 cm³/mol. The molecule has 4 aromatic rings. The summed E-state index contributed by atoms with van der Waals surface area (Å²) in [5, 5.41) is 3.91. The van der Waals surface area contributed by atoms with Crippen molar-refractivity contribution in [2.45, 2.75) is 50.6 Å². The molecule has 46 heavy (non-hydrogen) atoms. The molecule has 7 nitrogen and oxygen atoms in total. The van der Waals surface area contributed by atoms with Crippen LogP contribution in [0, 0.1) is 6.92 Å². The van der Waals surface area contributed by atoms with E-state index in [2.05, 4.69) is 5.32 Å². The molecular weight excluding hydrogens is 665 g/mol. The molecule has 0 heterocycles. The molecule has 0 aliphatic rings. The minimum absolute atomic E-state index is 0.0139. The van der Waals surface area contributed by atoms with Crippen molar-refractivity contribution in [2.24, 2.45) is 0 Å². The largest absolute Gasteiger partial charge is 0.354 e. The number of rotatable bonds is 14. The Balaban J connectivity index is 1.80. The summed E-state index contributed by atoms with van der Waals surface area (Å²) in [6.07, 6.45) is 1.84. The Morgan fingerprint density at radius 2 is 1.54 bits per heavy atom. The second kappa shape index (κ2) is 16.3. The predicted octanol–water partition coefficient (Wildman–Crippen LogP) is 7.71. The van der Waals surface area contributed by atoms with Gasteiger partial charge in [0.15, 0.2) is 0 Å². The lowest BCUT2D eigenvalue weighted by atomic mass is 10.0. The first-order valence-corrected chi connectivity index (χ1v) is 17.5. The van der Waals surface area contributed by atoms with E-state index in [4.69, 9.17) is 34.8 Å². The van der Waals surface area contributed by atoms with Crippen LogP contribution >= 0.6 is 34.8 Å². The Bertz CT molecular complexity index is 1750. The third-order valence-electron chi connectivity index (χ3n) is 7.42. The van der Waals surface area contributed by atoms with E-state index in [0.29, 0.717) is 27.2 Å². The van der Waals surface area contributed by atoms with Crippen molar-refractivity contribution >= 4 is 62.3 Å². The van der Waals surface area contributed by atoms with Crippen LogP contribution in [0.15, 0.2) is 102 Å². The Hall–Kier alpha value is -3.56. The van der Waals surface area contributed by atoms with Gasteiger partial charge >= 0.3 is 0 Å². The lowest BCUT2D eigenvalue weighted by Gasteiger charge is -2.34. The van der Waals surface area contributed by atoms with Gasteiger partial charge in [-0.1, -0.05) is 108 Å². The van der Waals surface area contributed by atoms with Gasteiger partial charge in [-0.15, -0.1) is 0 Å². The molecule has 0 fully saturated rings. The SMILES string of the molecule is CCCCNC(=O)[C@H](Cc1ccccc1)N(Cc1ccc(Cl)c(Cl)c1)C(=O)CN(c1cccc(Cl)c1)S(=O)(=O)c1ccc(C)cc1. The van der Waals surface area contributed by atoms with Crippen LogP contribution in [0.3, 0.4) is 0 Å². The van der Waals surface area contributed by atoms with Gasteiger partial charge in [-0.3, -0.25) is 13.9 Å². The van der Waals surface area contributed by atoms with E-state index in [1.165, 1.54) is 23.1 Å². The van der Waals surface area contributed by atoms with Crippen molar-refractivity contribution in [1.29, 1.82) is 0 Å². The van der Waals surface area contributed by atoms with Crippen molar-refractivity contribution in [3.05, 3.63) is 129 Å². The molecular formula is C35H36Cl3N3O4S. The third-order valence-corrected chi connectivity index (χ3v) is 10.2. The number of carbonyl (C=O) groups excluding carboxylic acids is 2. The highest BCUT2D eigenvalue weighted by Gasteiger charge is 2.34. The summed E-state index contributed by atoms with van der Waals surface area (Å²) < 4.78 is 29.3. The smallest absolute Gasteiger partial charge is 0.264 e. The molecule has 0 spiro atoms. The molecule has 4 rings (SSSR count). The van der Waals surface area contributed by atoms with E-state index in [-0.39, 0.29) is 29.5 Å². The van der Waals surface area contributed by atoms with Gasteiger partial charge < -0.3 is 10.2 Å². The first kappa shape index (κ1) is 35.3. The normalized spacial score (nSPS) is 11.9. The number of nitrogens with one attached hydrogen (secondary N) is 1. The third kappa shape index (κ3) is 9.26. The molecule has 4 aromatic carbocycles. The van der Waals surface area contributed by atoms with Gasteiger partial charge in [0.2, 0.25) is 11.8 Å². The maximum absolute atomic E-state index is 14.5. The molecule has 0 saturated heterocycles. The number of amides is 2. The molecule has 242 valence electrons. The number of aryl methyl sites for hydroxylation is 1. The second-order valence-electron chi connectivity index (χ2n) is 10.9. The first-order chi connectivity index (χ1) is 22.0. The monoisotopic (exact) mass is 699 g/mol. The minimum Gasteiger partial charge on any atom is -0.354 e. The highest BCUT2D eigenvalue weighted by Crippen LogP contribution is 2.28. The van der Waals surface area contributed by atoms with Crippen molar-refractivity contribution in [3.8, 4) is 0 Å². The molecule has 1 atom stereocenters. The quantitative estimate of drug-likeness (QED) is 0.137. The molecule has 0 aliphatic carbocycles. The Morgan fingerprint density at radius 3 is 2.20 bits per heavy atom. The summed E-state index contributed by atoms with van der Waals surface area (Å²) in [5.41, 5.74) is 2.56. The number of nitrogens with zero attached hydrogens (tertiary/aromatic N) is 2. The average molecular weight is 701 g/mol. The van der Waals surface area contributed by atoms with E-state index in [1.807, 2.05) is 44.2 Å². The summed E-state index contributed by atoms with van der Waals surface area (Å²) >= 11 is 18.8. The Morgan fingerprint density at radius 1 is 0.826 bits per heavy atom. The van der Waals surface area contributed by atoms with Gasteiger partial charge in [0.1, 0.15) is 12.6 Å². The van der Waals surface area contributed by atoms with Crippen LogP contribution in [0.2, 0.25) is 15.1 Å². The van der Waals surface area contributed by atoms with Gasteiger partial charge in [0.05, 0.1) is 20.6 Å². The number of unbranched alkanes of at least 4 members (excludes halogenated alkanes) is 1. The number of hydrogen-bond acceptors (Lipinski definition) is 4. The summed E-state index contributed by atoms with van der Waals surface area (Å²) in [4.78, 5) is 29.8. The van der Waals surface area contributed by atoms with Crippen LogP contribution in [0.4, 0.5) is 5.69 Å². The van der Waals surface area contributed by atoms with E-state index in [9.17, 15) is 18.0 Å². The summed E-state index contributed by atoms with van der Waals surface area (Å²) in [5.74, 6) is -0.935. The molecule has 11 heteroatoms. The fraction of sp³-hybridized carbons (Fsp3) is 0.257. The first-order valence-electron chi connectivity index (χ1n) is 14.9. The van der Waals surface area contributed by atoms with Gasteiger partial charge in [0, 0.05) is 24.5 Å². The molecule has 1 N–H and O–H groups in total. The molecule has 2 amide bonds. The Labute approximate surface area is 286 Å². The maximum atomic E-state index is 14.5. The lowest BCUT2D eigenvalue weighted by molar-refractivity contribution is -0.140. The zero-order chi connectivity index (χ0) is 33.3. The van der Waals surface area contributed by atoms with E-state index < -0.39 is 28.5 Å². The molecule has 0 bridgehead atoms. The zero-order valence-corrected chi connectivity index (χ0v) is 28.7. The van der Waals surface area contributed by atoms with E-state index in [0.717, 1.165) is 28.3 Å². The molecule has 0 saturated carbocycles. The highest BCUT2D eigenvalue weighted by atomic mass is 35.5. The zero-order valence-electron chi connectivity index (χ0n) is 25.6. The summed E-state index contributed by atoms with van der Waals surface area (Å²) in [7, 11) is -4.24. The Kier molecular flexibility index (Phi) is 12.5. The fourth-order valence-corrected chi connectivity index (χ4v) is 6.80. The standard InChI is InChI=1S/C35H36Cl3N3O4S/c1-3-4-19-39-35(43)33(21-26-9-6-5-7-10-26)40(23-27-15-18-31(37)32(38)20-27)34(42)24-41(29-12-8-11-28(36)22-29)46(44,45)30-16-13-25(2)14-17-30/h5-18,20,22,33H,3-4,19,21,23-24H2,1-2H3,(H,39,43)/t33-/m0/s1. The van der Waals surface area contributed by atoms with Gasteiger partial charge in [0.25, 0.3) is 10.0 Å². The number of halogens is 3. The van der Waals surface area contributed by atoms with Crippen LogP contribution < -0.4 is 9.62 Å². The maximum Gasteiger partial charge on any atom is 0.264 e. The minimum atomic E-state index is -4.24. The van der Waals surface area contributed by atoms with Crippen LogP contribution in [-0.4, -0.2) is 44.3 Å². The van der Waals surface area contributed by atoms with Crippen LogP contribution in [0.5, 0.6) is 0 Å². The average Bonchev–Trinajstić information content (AvgIpc) is 3.03. The summed E-state index contributed by atoms with van der Waals surface area (Å²) in [6.45, 7) is 3.69. The molecule has 0 aromatic heterocycles. The summed E-state index contributed by atoms with van der Waals surface area (Å²) in [6, 6.07) is 26.1. The molecule has 0 unspecified atom stereocenters. The van der Waals surface area contributed by atoms with Crippen LogP contribution in [-0.2, 0) is 32.6 Å². The highest BCUT2D eigenvalue weighted by molar-refractivity contribution is 7.92. The second-order valence-corrected chi connectivity index (χ2v) is 14.0. The van der Waals surface area contributed by atoms with Crippen molar-refractivity contribution in [2.75, 3.05) is 17.4 Å². The fourth-order valence-electron chi connectivity index (χ4n) is 4.89. The van der Waals surface area contributed by atoms with Gasteiger partial charge in [-0.2, -0.15) is 0 Å². The molecule has 0 aliphatic heterocycles. The van der Waals surface area contributed by atoms with Crippen LogP contribution in [0.1, 0.15) is 36.5 Å². The number of benzene rings is 4. The number of sulfonamides is 1. The van der Waals surface area contributed by atoms with E-state index in [1.54, 1.807) is 48.5 Å².